The average Bonchev–Trinajstić information content (AvgIpc) is 3.90. The molecule has 2 aromatic heterocycles. The second-order valence-corrected chi connectivity index (χ2v) is 14.4. The highest BCUT2D eigenvalue weighted by Crippen LogP contribution is 2.33. The number of aromatic nitrogens is 3. The fraction of sp³-hybridized carbons (Fsp3) is 0.487. The highest BCUT2D eigenvalue weighted by atomic mass is 35.5. The SMILES string of the molecule is CCc1nc2c(cnn2CC)c(NC2CCOCC2)c1CNC(=O)CCC(=O)NCc1ccc(Cl)c(-c2cccc(CN3C[C@@H]4C[C@H]3CN4)c2)c1. The molecule has 2 amide bonds. The predicted molar refractivity (Wildman–Crippen MR) is 200 cm³/mol. The molecule has 2 atom stereocenters. The number of pyridine rings is 1. The lowest BCUT2D eigenvalue weighted by molar-refractivity contribution is -0.126. The Morgan fingerprint density at radius 2 is 1.82 bits per heavy atom. The van der Waals surface area contributed by atoms with Gasteiger partial charge in [-0.2, -0.15) is 5.10 Å². The summed E-state index contributed by atoms with van der Waals surface area (Å²) in [5, 5.41) is 19.6. The van der Waals surface area contributed by atoms with Crippen LogP contribution in [0.1, 0.15) is 68.3 Å². The number of hydrogen-bond donors (Lipinski definition) is 4. The number of fused-ring (bicyclic) bond motifs is 3. The Kier molecular flexibility index (Phi) is 11.2. The monoisotopic (exact) mass is 712 g/mol. The van der Waals surface area contributed by atoms with Crippen LogP contribution in [0, 0.1) is 0 Å². The van der Waals surface area contributed by atoms with Crippen molar-refractivity contribution >= 4 is 40.1 Å². The van der Waals surface area contributed by atoms with E-state index in [1.54, 1.807) is 0 Å². The summed E-state index contributed by atoms with van der Waals surface area (Å²) in [6.07, 6.45) is 5.83. The molecular formula is C39H49ClN8O3. The van der Waals surface area contributed by atoms with Gasteiger partial charge in [-0.25, -0.2) is 9.67 Å². The van der Waals surface area contributed by atoms with Crippen molar-refractivity contribution < 1.29 is 14.3 Å². The van der Waals surface area contributed by atoms with Gasteiger partial charge in [-0.3, -0.25) is 14.5 Å². The van der Waals surface area contributed by atoms with E-state index in [-0.39, 0.29) is 30.7 Å². The van der Waals surface area contributed by atoms with Crippen molar-refractivity contribution in [3.63, 3.8) is 0 Å². The molecule has 4 N–H and O–H groups in total. The summed E-state index contributed by atoms with van der Waals surface area (Å²) in [6, 6.07) is 16.0. The van der Waals surface area contributed by atoms with Crippen molar-refractivity contribution in [2.75, 3.05) is 31.6 Å². The van der Waals surface area contributed by atoms with Crippen LogP contribution in [0.5, 0.6) is 0 Å². The molecule has 7 rings (SSSR count). The lowest BCUT2D eigenvalue weighted by Crippen LogP contribution is -2.42. The number of likely N-dealkylation sites (tertiary alicyclic amines) is 1. The van der Waals surface area contributed by atoms with E-state index in [0.717, 1.165) is 103 Å². The van der Waals surface area contributed by atoms with Crippen LogP contribution in [0.2, 0.25) is 5.02 Å². The number of aryl methyl sites for hydroxylation is 2. The molecule has 5 heterocycles. The molecule has 12 heteroatoms. The van der Waals surface area contributed by atoms with Crippen LogP contribution >= 0.6 is 11.6 Å². The van der Waals surface area contributed by atoms with Crippen molar-refractivity contribution in [2.45, 2.75) is 96.7 Å². The van der Waals surface area contributed by atoms with E-state index < -0.39 is 0 Å². The molecule has 0 spiro atoms. The molecule has 3 aliphatic rings. The summed E-state index contributed by atoms with van der Waals surface area (Å²) in [6.45, 7) is 10.1. The van der Waals surface area contributed by atoms with Gasteiger partial charge in [0, 0.05) is 105 Å². The van der Waals surface area contributed by atoms with E-state index in [0.29, 0.717) is 30.2 Å². The number of hydrogen-bond acceptors (Lipinski definition) is 8. The molecule has 11 nitrogen and oxygen atoms in total. The van der Waals surface area contributed by atoms with Gasteiger partial charge in [-0.15, -0.1) is 0 Å². The summed E-state index contributed by atoms with van der Waals surface area (Å²) in [5.74, 6) is -0.357. The van der Waals surface area contributed by atoms with Gasteiger partial charge in [0.1, 0.15) is 0 Å². The van der Waals surface area contributed by atoms with Crippen molar-refractivity contribution in [3.8, 4) is 11.1 Å². The number of nitrogens with zero attached hydrogens (tertiary/aromatic N) is 4. The van der Waals surface area contributed by atoms with E-state index in [2.05, 4.69) is 69.4 Å². The van der Waals surface area contributed by atoms with Crippen LogP contribution in [0.3, 0.4) is 0 Å². The standard InChI is InChI=1S/C39H49ClN8O3/c1-3-35-32(38(45-28-12-14-51-15-13-28)33-22-44-48(4-2)39(33)46-35)21-43-37(50)11-10-36(49)42-19-25-8-9-34(40)31(17-25)27-7-5-6-26(16-27)23-47-24-29-18-30(47)20-41-29/h5-9,16-17,22,28-30,41H,3-4,10-15,18-21,23-24H2,1-2H3,(H,42,49)(H,43,50)(H,45,46)/t29-,30-/m0/s1. The fourth-order valence-corrected chi connectivity index (χ4v) is 7.93. The van der Waals surface area contributed by atoms with Gasteiger partial charge in [0.2, 0.25) is 11.8 Å². The van der Waals surface area contributed by atoms with E-state index in [1.807, 2.05) is 29.1 Å². The predicted octanol–water partition coefficient (Wildman–Crippen LogP) is 5.18. The van der Waals surface area contributed by atoms with Crippen LogP contribution in [0.25, 0.3) is 22.2 Å². The molecule has 0 radical (unpaired) electrons. The number of carbonyl (C=O) groups is 2. The number of amides is 2. The molecular weight excluding hydrogens is 664 g/mol. The van der Waals surface area contributed by atoms with Gasteiger partial charge in [0.25, 0.3) is 0 Å². The maximum atomic E-state index is 13.0. The molecule has 0 unspecified atom stereocenters. The number of rotatable bonds is 14. The van der Waals surface area contributed by atoms with Crippen molar-refractivity contribution in [2.24, 2.45) is 0 Å². The largest absolute Gasteiger partial charge is 0.381 e. The van der Waals surface area contributed by atoms with Crippen LogP contribution in [0.15, 0.2) is 48.7 Å². The summed E-state index contributed by atoms with van der Waals surface area (Å²) in [4.78, 5) is 33.4. The molecule has 0 saturated carbocycles. The Hall–Kier alpha value is -4.03. The summed E-state index contributed by atoms with van der Waals surface area (Å²) in [7, 11) is 0. The van der Waals surface area contributed by atoms with Gasteiger partial charge in [0.15, 0.2) is 5.65 Å². The van der Waals surface area contributed by atoms with E-state index in [9.17, 15) is 9.59 Å². The number of benzene rings is 2. The molecule has 51 heavy (non-hydrogen) atoms. The molecule has 270 valence electrons. The van der Waals surface area contributed by atoms with Gasteiger partial charge >= 0.3 is 0 Å². The number of anilines is 1. The zero-order chi connectivity index (χ0) is 35.3. The zero-order valence-corrected chi connectivity index (χ0v) is 30.4. The Morgan fingerprint density at radius 3 is 2.55 bits per heavy atom. The van der Waals surface area contributed by atoms with E-state index >= 15 is 0 Å². The minimum atomic E-state index is -0.180. The number of ether oxygens (including phenoxy) is 1. The zero-order valence-electron chi connectivity index (χ0n) is 29.6. The lowest BCUT2D eigenvalue weighted by Gasteiger charge is -2.27. The second-order valence-electron chi connectivity index (χ2n) is 14.0. The van der Waals surface area contributed by atoms with Crippen molar-refractivity contribution in [1.82, 2.24) is 35.6 Å². The lowest BCUT2D eigenvalue weighted by atomic mass is 10.0. The number of piperazine rings is 1. The highest BCUT2D eigenvalue weighted by molar-refractivity contribution is 6.33. The fourth-order valence-electron chi connectivity index (χ4n) is 7.71. The first-order valence-corrected chi connectivity index (χ1v) is 18.9. The maximum absolute atomic E-state index is 13.0. The van der Waals surface area contributed by atoms with Crippen LogP contribution in [0.4, 0.5) is 5.69 Å². The first kappa shape index (κ1) is 35.4. The second kappa shape index (κ2) is 16.1. The van der Waals surface area contributed by atoms with Crippen LogP contribution in [-0.2, 0) is 46.9 Å². The van der Waals surface area contributed by atoms with Gasteiger partial charge < -0.3 is 26.0 Å². The quantitative estimate of drug-likeness (QED) is 0.141. The maximum Gasteiger partial charge on any atom is 0.220 e. The molecule has 4 aromatic rings. The van der Waals surface area contributed by atoms with Gasteiger partial charge in [-0.1, -0.05) is 42.8 Å². The smallest absolute Gasteiger partial charge is 0.220 e. The molecule has 3 saturated heterocycles. The number of carbonyl (C=O) groups excluding carboxylic acids is 2. The Balaban J connectivity index is 0.939. The molecule has 2 aromatic carbocycles. The molecule has 0 aliphatic carbocycles. The first-order valence-electron chi connectivity index (χ1n) is 18.5. The Labute approximate surface area is 304 Å². The first-order chi connectivity index (χ1) is 24.9. The minimum absolute atomic E-state index is 0.0901. The van der Waals surface area contributed by atoms with Crippen LogP contribution < -0.4 is 21.3 Å². The van der Waals surface area contributed by atoms with Crippen LogP contribution in [-0.4, -0.2) is 75.9 Å². The Bertz CT molecular complexity index is 1870. The third kappa shape index (κ3) is 8.22. The van der Waals surface area contributed by atoms with E-state index in [4.69, 9.17) is 21.3 Å². The normalized spacial score (nSPS) is 19.1. The third-order valence-electron chi connectivity index (χ3n) is 10.5. The van der Waals surface area contributed by atoms with Gasteiger partial charge in [0.05, 0.1) is 17.3 Å². The molecule has 3 aliphatic heterocycles. The average molecular weight is 713 g/mol. The highest BCUT2D eigenvalue weighted by Gasteiger charge is 2.37. The van der Waals surface area contributed by atoms with Gasteiger partial charge in [-0.05, 0) is 67.5 Å². The topological polar surface area (TPSA) is 125 Å². The van der Waals surface area contributed by atoms with Crippen molar-refractivity contribution in [3.05, 3.63) is 76.1 Å². The number of halogens is 1. The number of nitrogens with one attached hydrogen (secondary N) is 4. The molecule has 3 fully saturated rings. The minimum Gasteiger partial charge on any atom is -0.381 e. The van der Waals surface area contributed by atoms with E-state index in [1.165, 1.54) is 12.0 Å². The summed E-state index contributed by atoms with van der Waals surface area (Å²) in [5.41, 5.74) is 7.95. The summed E-state index contributed by atoms with van der Waals surface area (Å²) >= 11 is 6.67. The van der Waals surface area contributed by atoms with Crippen molar-refractivity contribution in [1.29, 1.82) is 0 Å². The summed E-state index contributed by atoms with van der Waals surface area (Å²) < 4.78 is 7.49. The molecule has 2 bridgehead atoms. The third-order valence-corrected chi connectivity index (χ3v) is 10.9. The Morgan fingerprint density at radius 1 is 1.02 bits per heavy atom.